The van der Waals surface area contributed by atoms with Gasteiger partial charge in [0.2, 0.25) is 0 Å². The van der Waals surface area contributed by atoms with Gasteiger partial charge in [-0.25, -0.2) is 0 Å². The number of fused-ring (bicyclic) bond motifs is 1. The third kappa shape index (κ3) is 2.41. The van der Waals surface area contributed by atoms with Crippen LogP contribution in [0.3, 0.4) is 0 Å². The molecule has 1 aromatic carbocycles. The number of hydrogen-bond donors (Lipinski definition) is 1. The van der Waals surface area contributed by atoms with E-state index in [9.17, 15) is 9.90 Å². The van der Waals surface area contributed by atoms with Crippen molar-refractivity contribution in [1.29, 1.82) is 0 Å². The quantitative estimate of drug-likeness (QED) is 0.889. The number of benzene rings is 1. The van der Waals surface area contributed by atoms with Crippen molar-refractivity contribution >= 4 is 5.97 Å². The van der Waals surface area contributed by atoms with E-state index < -0.39 is 5.97 Å². The molecule has 3 nitrogen and oxygen atoms in total. The van der Waals surface area contributed by atoms with E-state index >= 15 is 0 Å². The summed E-state index contributed by atoms with van der Waals surface area (Å²) >= 11 is 0. The molecule has 0 saturated carbocycles. The Labute approximate surface area is 108 Å². The minimum absolute atomic E-state index is 0.379. The number of aliphatic carboxylic acids is 1. The number of hydrogen-bond acceptors (Lipinski definition) is 2. The van der Waals surface area contributed by atoms with Gasteiger partial charge in [-0.05, 0) is 24.0 Å². The molecule has 0 saturated heterocycles. The first-order valence-electron chi connectivity index (χ1n) is 6.72. The van der Waals surface area contributed by atoms with Gasteiger partial charge in [-0.2, -0.15) is 0 Å². The van der Waals surface area contributed by atoms with Crippen LogP contribution in [0.15, 0.2) is 24.3 Å². The molecule has 1 unspecified atom stereocenters. The fourth-order valence-corrected chi connectivity index (χ4v) is 2.93. The minimum atomic E-state index is -0.710. The standard InChI is InChI=1S/C15H21NO2/c1-3-12(4-2)16-9-11-7-5-6-8-13(11)14(10-16)15(17)18/h5-8,12,14H,3-4,9-10H2,1-2H3,(H,17,18). The average molecular weight is 247 g/mol. The lowest BCUT2D eigenvalue weighted by atomic mass is 9.88. The van der Waals surface area contributed by atoms with Crippen LogP contribution in [0.4, 0.5) is 0 Å². The summed E-state index contributed by atoms with van der Waals surface area (Å²) < 4.78 is 0. The Bertz CT molecular complexity index is 426. The van der Waals surface area contributed by atoms with Gasteiger partial charge in [0.25, 0.3) is 0 Å². The maximum absolute atomic E-state index is 11.4. The second kappa shape index (κ2) is 5.53. The van der Waals surface area contributed by atoms with E-state index in [1.165, 1.54) is 5.56 Å². The Balaban J connectivity index is 2.31. The summed E-state index contributed by atoms with van der Waals surface area (Å²) in [5.41, 5.74) is 2.16. The third-order valence-electron chi connectivity index (χ3n) is 3.98. The maximum Gasteiger partial charge on any atom is 0.312 e. The van der Waals surface area contributed by atoms with Crippen molar-refractivity contribution in [1.82, 2.24) is 4.90 Å². The first kappa shape index (κ1) is 13.1. The smallest absolute Gasteiger partial charge is 0.312 e. The van der Waals surface area contributed by atoms with Gasteiger partial charge in [0, 0.05) is 19.1 Å². The van der Waals surface area contributed by atoms with Gasteiger partial charge in [0.1, 0.15) is 0 Å². The molecule has 0 fully saturated rings. The van der Waals surface area contributed by atoms with Crippen molar-refractivity contribution in [3.63, 3.8) is 0 Å². The van der Waals surface area contributed by atoms with E-state index in [0.717, 1.165) is 24.9 Å². The molecule has 1 aliphatic rings. The van der Waals surface area contributed by atoms with E-state index in [4.69, 9.17) is 0 Å². The molecule has 0 aliphatic carbocycles. The van der Waals surface area contributed by atoms with Crippen molar-refractivity contribution in [3.8, 4) is 0 Å². The van der Waals surface area contributed by atoms with Gasteiger partial charge in [-0.15, -0.1) is 0 Å². The van der Waals surface area contributed by atoms with E-state index in [-0.39, 0.29) is 5.92 Å². The molecule has 1 N–H and O–H groups in total. The highest BCUT2D eigenvalue weighted by Gasteiger charge is 2.32. The average Bonchev–Trinajstić information content (AvgIpc) is 2.39. The van der Waals surface area contributed by atoms with Crippen LogP contribution in [0.1, 0.15) is 43.7 Å². The topological polar surface area (TPSA) is 40.5 Å². The molecule has 0 aromatic heterocycles. The predicted octanol–water partition coefficient (Wildman–Crippen LogP) is 2.86. The van der Waals surface area contributed by atoms with Gasteiger partial charge in [-0.1, -0.05) is 38.1 Å². The highest BCUT2D eigenvalue weighted by atomic mass is 16.4. The van der Waals surface area contributed by atoms with Crippen LogP contribution in [0.5, 0.6) is 0 Å². The SMILES string of the molecule is CCC(CC)N1Cc2ccccc2C(C(=O)O)C1. The monoisotopic (exact) mass is 247 g/mol. The minimum Gasteiger partial charge on any atom is -0.481 e. The van der Waals surface area contributed by atoms with E-state index in [2.05, 4.69) is 24.8 Å². The number of nitrogens with zero attached hydrogens (tertiary/aromatic N) is 1. The maximum atomic E-state index is 11.4. The van der Waals surface area contributed by atoms with Crippen LogP contribution < -0.4 is 0 Å². The zero-order valence-corrected chi connectivity index (χ0v) is 11.1. The first-order valence-corrected chi connectivity index (χ1v) is 6.72. The Morgan fingerprint density at radius 3 is 2.67 bits per heavy atom. The third-order valence-corrected chi connectivity index (χ3v) is 3.98. The van der Waals surface area contributed by atoms with Gasteiger partial charge in [0.05, 0.1) is 5.92 Å². The predicted molar refractivity (Wildman–Crippen MR) is 71.6 cm³/mol. The molecule has 1 heterocycles. The molecule has 0 amide bonds. The van der Waals surface area contributed by atoms with Crippen LogP contribution in [-0.2, 0) is 11.3 Å². The van der Waals surface area contributed by atoms with Crippen LogP contribution in [0.2, 0.25) is 0 Å². The largest absolute Gasteiger partial charge is 0.481 e. The first-order chi connectivity index (χ1) is 8.67. The molecule has 3 heteroatoms. The molecular weight excluding hydrogens is 226 g/mol. The van der Waals surface area contributed by atoms with Crippen LogP contribution in [0, 0.1) is 0 Å². The van der Waals surface area contributed by atoms with E-state index in [1.54, 1.807) is 0 Å². The normalized spacial score (nSPS) is 19.8. The van der Waals surface area contributed by atoms with Crippen LogP contribution >= 0.6 is 0 Å². The Hall–Kier alpha value is -1.35. The van der Waals surface area contributed by atoms with Crippen molar-refractivity contribution in [2.45, 2.75) is 45.2 Å². The van der Waals surface area contributed by atoms with E-state index in [0.29, 0.717) is 12.6 Å². The Morgan fingerprint density at radius 2 is 2.06 bits per heavy atom. The number of carbonyl (C=O) groups is 1. The van der Waals surface area contributed by atoms with Crippen LogP contribution in [-0.4, -0.2) is 28.6 Å². The lowest BCUT2D eigenvalue weighted by molar-refractivity contribution is -0.139. The zero-order chi connectivity index (χ0) is 13.1. The number of carboxylic acid groups (broad SMARTS) is 1. The fourth-order valence-electron chi connectivity index (χ4n) is 2.93. The second-order valence-electron chi connectivity index (χ2n) is 4.99. The van der Waals surface area contributed by atoms with Gasteiger partial charge < -0.3 is 5.11 Å². The zero-order valence-electron chi connectivity index (χ0n) is 11.1. The van der Waals surface area contributed by atoms with Crippen molar-refractivity contribution in [3.05, 3.63) is 35.4 Å². The van der Waals surface area contributed by atoms with E-state index in [1.807, 2.05) is 18.2 Å². The number of carboxylic acids is 1. The highest BCUT2D eigenvalue weighted by Crippen LogP contribution is 2.30. The summed E-state index contributed by atoms with van der Waals surface area (Å²) in [7, 11) is 0. The van der Waals surface area contributed by atoms with Gasteiger partial charge in [0.15, 0.2) is 0 Å². The van der Waals surface area contributed by atoms with Crippen molar-refractivity contribution in [2.24, 2.45) is 0 Å². The summed E-state index contributed by atoms with van der Waals surface area (Å²) in [6, 6.07) is 8.42. The summed E-state index contributed by atoms with van der Waals surface area (Å²) in [5, 5.41) is 9.40. The second-order valence-corrected chi connectivity index (χ2v) is 4.99. The molecule has 0 radical (unpaired) electrons. The molecule has 1 atom stereocenters. The molecule has 0 spiro atoms. The fraction of sp³-hybridized carbons (Fsp3) is 0.533. The molecule has 2 rings (SSSR count). The number of rotatable bonds is 4. The molecular formula is C15H21NO2. The highest BCUT2D eigenvalue weighted by molar-refractivity contribution is 5.77. The Morgan fingerprint density at radius 1 is 1.39 bits per heavy atom. The summed E-state index contributed by atoms with van der Waals surface area (Å²) in [4.78, 5) is 13.8. The van der Waals surface area contributed by atoms with Crippen molar-refractivity contribution in [2.75, 3.05) is 6.54 Å². The lowest BCUT2D eigenvalue weighted by Crippen LogP contribution is -2.42. The molecule has 1 aromatic rings. The van der Waals surface area contributed by atoms with Crippen molar-refractivity contribution < 1.29 is 9.90 Å². The lowest BCUT2D eigenvalue weighted by Gasteiger charge is -2.37. The summed E-state index contributed by atoms with van der Waals surface area (Å²) in [5.74, 6) is -1.09. The Kier molecular flexibility index (Phi) is 4.02. The summed E-state index contributed by atoms with van der Waals surface area (Å²) in [6.07, 6.45) is 2.15. The van der Waals surface area contributed by atoms with Gasteiger partial charge in [-0.3, -0.25) is 9.69 Å². The molecule has 98 valence electrons. The van der Waals surface area contributed by atoms with Gasteiger partial charge >= 0.3 is 5.97 Å². The summed E-state index contributed by atoms with van der Waals surface area (Å²) in [6.45, 7) is 5.86. The molecule has 1 aliphatic heterocycles. The molecule has 0 bridgehead atoms. The molecule has 18 heavy (non-hydrogen) atoms. The van der Waals surface area contributed by atoms with Crippen LogP contribution in [0.25, 0.3) is 0 Å².